The van der Waals surface area contributed by atoms with Crippen molar-refractivity contribution in [3.05, 3.63) is 36.8 Å². The van der Waals surface area contributed by atoms with E-state index in [0.29, 0.717) is 0 Å². The van der Waals surface area contributed by atoms with Crippen molar-refractivity contribution < 1.29 is 4.57 Å². The second-order valence-corrected chi connectivity index (χ2v) is 2.55. The summed E-state index contributed by atoms with van der Waals surface area (Å²) in [7, 11) is 0. The molecule has 2 aromatic heterocycles. The standard InChI is InChI=1S/C9H11N2/c1-2-10-7-8-11-6-4-3-5-9(10)11/h3-8H,2H2,1H3/q+1. The van der Waals surface area contributed by atoms with Crippen LogP contribution in [-0.2, 0) is 6.54 Å². The highest BCUT2D eigenvalue weighted by Crippen LogP contribution is 1.95. The molecule has 2 rings (SSSR count). The van der Waals surface area contributed by atoms with Crippen LogP contribution in [0, 0.1) is 0 Å². The molecule has 0 amide bonds. The molecule has 11 heavy (non-hydrogen) atoms. The maximum atomic E-state index is 2.21. The van der Waals surface area contributed by atoms with Gasteiger partial charge < -0.3 is 0 Å². The summed E-state index contributed by atoms with van der Waals surface area (Å²) < 4.78 is 4.32. The highest BCUT2D eigenvalue weighted by Gasteiger charge is 2.03. The predicted octanol–water partition coefficient (Wildman–Crippen LogP) is 1.25. The van der Waals surface area contributed by atoms with E-state index in [9.17, 15) is 0 Å². The molecule has 2 aromatic rings. The van der Waals surface area contributed by atoms with Gasteiger partial charge in [0.05, 0.1) is 12.7 Å². The number of nitrogens with zero attached hydrogens (tertiary/aromatic N) is 2. The number of fused-ring (bicyclic) bond motifs is 1. The van der Waals surface area contributed by atoms with Crippen molar-refractivity contribution in [2.45, 2.75) is 13.5 Å². The van der Waals surface area contributed by atoms with Crippen LogP contribution >= 0.6 is 0 Å². The first-order chi connectivity index (χ1) is 5.42. The van der Waals surface area contributed by atoms with E-state index in [1.807, 2.05) is 6.07 Å². The Morgan fingerprint density at radius 1 is 1.36 bits per heavy atom. The summed E-state index contributed by atoms with van der Waals surface area (Å²) in [6.07, 6.45) is 6.22. The van der Waals surface area contributed by atoms with Gasteiger partial charge in [0, 0.05) is 6.07 Å². The van der Waals surface area contributed by atoms with Gasteiger partial charge in [-0.25, -0.2) is 8.97 Å². The van der Waals surface area contributed by atoms with Gasteiger partial charge in [0.25, 0.3) is 5.65 Å². The van der Waals surface area contributed by atoms with E-state index in [1.165, 1.54) is 5.65 Å². The van der Waals surface area contributed by atoms with Crippen LogP contribution in [0.1, 0.15) is 6.92 Å². The monoisotopic (exact) mass is 147 g/mol. The molecule has 56 valence electrons. The van der Waals surface area contributed by atoms with Gasteiger partial charge in [0.2, 0.25) is 0 Å². The van der Waals surface area contributed by atoms with Crippen molar-refractivity contribution in [3.8, 4) is 0 Å². The Labute approximate surface area is 65.7 Å². The predicted molar refractivity (Wildman–Crippen MR) is 43.3 cm³/mol. The summed E-state index contributed by atoms with van der Waals surface area (Å²) in [5.41, 5.74) is 1.25. The van der Waals surface area contributed by atoms with Crippen LogP contribution in [-0.4, -0.2) is 4.40 Å². The first-order valence-electron chi connectivity index (χ1n) is 3.87. The van der Waals surface area contributed by atoms with Crippen LogP contribution in [0.25, 0.3) is 5.65 Å². The molecule has 0 radical (unpaired) electrons. The van der Waals surface area contributed by atoms with Crippen LogP contribution in [0.3, 0.4) is 0 Å². The number of hydrogen-bond donors (Lipinski definition) is 0. The van der Waals surface area contributed by atoms with Gasteiger partial charge in [0.1, 0.15) is 12.4 Å². The number of aromatic nitrogens is 2. The fourth-order valence-electron chi connectivity index (χ4n) is 1.31. The molecule has 0 N–H and O–H groups in total. The van der Waals surface area contributed by atoms with Crippen molar-refractivity contribution >= 4 is 5.65 Å². The number of aryl methyl sites for hydroxylation is 1. The molecule has 2 heteroatoms. The van der Waals surface area contributed by atoms with Crippen LogP contribution < -0.4 is 4.57 Å². The quantitative estimate of drug-likeness (QED) is 0.536. The van der Waals surface area contributed by atoms with Crippen molar-refractivity contribution in [3.63, 3.8) is 0 Å². The average molecular weight is 147 g/mol. The van der Waals surface area contributed by atoms with Gasteiger partial charge in [-0.3, -0.25) is 0 Å². The van der Waals surface area contributed by atoms with Crippen LogP contribution in [0.15, 0.2) is 36.8 Å². The molecule has 0 spiro atoms. The third kappa shape index (κ3) is 0.909. The summed E-state index contributed by atoms with van der Waals surface area (Å²) in [6.45, 7) is 3.17. The fraction of sp³-hybridized carbons (Fsp3) is 0.222. The number of hydrogen-bond acceptors (Lipinski definition) is 0. The van der Waals surface area contributed by atoms with E-state index >= 15 is 0 Å². The summed E-state index contributed by atoms with van der Waals surface area (Å²) in [5, 5.41) is 0. The third-order valence-electron chi connectivity index (χ3n) is 1.91. The van der Waals surface area contributed by atoms with Crippen LogP contribution in [0.2, 0.25) is 0 Å². The Balaban J connectivity index is 2.76. The molecule has 0 fully saturated rings. The van der Waals surface area contributed by atoms with E-state index in [1.54, 1.807) is 0 Å². The Morgan fingerprint density at radius 2 is 2.27 bits per heavy atom. The normalized spacial score (nSPS) is 10.6. The molecule has 0 saturated heterocycles. The molecule has 0 atom stereocenters. The lowest BCUT2D eigenvalue weighted by Crippen LogP contribution is -2.30. The molecule has 0 bridgehead atoms. The van der Waals surface area contributed by atoms with Gasteiger partial charge >= 0.3 is 0 Å². The SMILES string of the molecule is CC[n+]1ccn2ccccc21. The van der Waals surface area contributed by atoms with Gasteiger partial charge in [-0.1, -0.05) is 6.07 Å². The fourth-order valence-corrected chi connectivity index (χ4v) is 1.31. The molecular weight excluding hydrogens is 136 g/mol. The topological polar surface area (TPSA) is 8.29 Å². The van der Waals surface area contributed by atoms with E-state index in [0.717, 1.165) is 6.54 Å². The maximum absolute atomic E-state index is 2.21. The lowest BCUT2D eigenvalue weighted by molar-refractivity contribution is -0.667. The van der Waals surface area contributed by atoms with E-state index < -0.39 is 0 Å². The van der Waals surface area contributed by atoms with Crippen molar-refractivity contribution in [1.82, 2.24) is 4.40 Å². The molecule has 0 aliphatic heterocycles. The van der Waals surface area contributed by atoms with Gasteiger partial charge in [-0.05, 0) is 13.0 Å². The Morgan fingerprint density at radius 3 is 3.09 bits per heavy atom. The summed E-state index contributed by atoms with van der Waals surface area (Å²) >= 11 is 0. The van der Waals surface area contributed by atoms with Crippen LogP contribution in [0.5, 0.6) is 0 Å². The Kier molecular flexibility index (Phi) is 1.39. The summed E-state index contributed by atoms with van der Waals surface area (Å²) in [5.74, 6) is 0. The minimum atomic E-state index is 1.03. The molecule has 0 saturated carbocycles. The maximum Gasteiger partial charge on any atom is 0.286 e. The van der Waals surface area contributed by atoms with Crippen molar-refractivity contribution in [2.75, 3.05) is 0 Å². The lowest BCUT2D eigenvalue weighted by atomic mass is 10.5. The third-order valence-corrected chi connectivity index (χ3v) is 1.91. The number of rotatable bonds is 1. The van der Waals surface area contributed by atoms with Crippen LogP contribution in [0.4, 0.5) is 0 Å². The zero-order valence-electron chi connectivity index (χ0n) is 6.57. The number of imidazole rings is 1. The Bertz CT molecular complexity index is 362. The smallest absolute Gasteiger partial charge is 0.230 e. The highest BCUT2D eigenvalue weighted by molar-refractivity contribution is 5.30. The lowest BCUT2D eigenvalue weighted by Gasteiger charge is -1.88. The second kappa shape index (κ2) is 2.38. The number of pyridine rings is 1. The zero-order valence-corrected chi connectivity index (χ0v) is 6.57. The van der Waals surface area contributed by atoms with Gasteiger partial charge in [-0.15, -0.1) is 0 Å². The minimum Gasteiger partial charge on any atom is -0.230 e. The molecule has 2 nitrogen and oxygen atoms in total. The summed E-state index contributed by atoms with van der Waals surface area (Å²) in [6, 6.07) is 6.21. The van der Waals surface area contributed by atoms with Gasteiger partial charge in [0.15, 0.2) is 0 Å². The molecule has 0 unspecified atom stereocenters. The Hall–Kier alpha value is -1.31. The zero-order chi connectivity index (χ0) is 7.68. The second-order valence-electron chi connectivity index (χ2n) is 2.55. The summed E-state index contributed by atoms with van der Waals surface area (Å²) in [4.78, 5) is 0. The first kappa shape index (κ1) is 6.40. The molecule has 2 heterocycles. The molecular formula is C9H11N2+. The van der Waals surface area contributed by atoms with Crippen molar-refractivity contribution in [1.29, 1.82) is 0 Å². The molecule has 0 aliphatic rings. The largest absolute Gasteiger partial charge is 0.286 e. The van der Waals surface area contributed by atoms with Gasteiger partial charge in [-0.2, -0.15) is 0 Å². The first-order valence-corrected chi connectivity index (χ1v) is 3.87. The molecule has 0 aromatic carbocycles. The molecule has 0 aliphatic carbocycles. The van der Waals surface area contributed by atoms with E-state index in [2.05, 4.69) is 46.6 Å². The van der Waals surface area contributed by atoms with E-state index in [4.69, 9.17) is 0 Å². The highest BCUT2D eigenvalue weighted by atomic mass is 15.1. The average Bonchev–Trinajstić information content (AvgIpc) is 2.47. The van der Waals surface area contributed by atoms with Crippen molar-refractivity contribution in [2.24, 2.45) is 0 Å². The van der Waals surface area contributed by atoms with E-state index in [-0.39, 0.29) is 0 Å². The minimum absolute atomic E-state index is 1.03.